The van der Waals surface area contributed by atoms with E-state index in [1.807, 2.05) is 0 Å². The quantitative estimate of drug-likeness (QED) is 0.743. The molecule has 1 atom stereocenters. The molecule has 1 aliphatic rings. The third-order valence-electron chi connectivity index (χ3n) is 2.42. The molecule has 0 aromatic carbocycles. The predicted molar refractivity (Wildman–Crippen MR) is 73.5 cm³/mol. The van der Waals surface area contributed by atoms with E-state index in [0.29, 0.717) is 12.0 Å². The van der Waals surface area contributed by atoms with Crippen LogP contribution in [0.4, 0.5) is 0 Å². The van der Waals surface area contributed by atoms with Gasteiger partial charge in [-0.1, -0.05) is 18.2 Å². The molecular weight excluding hydrogens is 319 g/mol. The fourth-order valence-corrected chi connectivity index (χ4v) is 4.23. The lowest BCUT2D eigenvalue weighted by molar-refractivity contribution is 0.591. The molecule has 1 aliphatic carbocycles. The Morgan fingerprint density at radius 1 is 1.33 bits per heavy atom. The Balaban J connectivity index is 3.32. The summed E-state index contributed by atoms with van der Waals surface area (Å²) in [5.74, 6) is -0.827. The summed E-state index contributed by atoms with van der Waals surface area (Å²) in [6.07, 6.45) is 6.54. The van der Waals surface area contributed by atoms with Gasteiger partial charge in [0.05, 0.1) is 10.7 Å². The second-order valence-corrected chi connectivity index (χ2v) is 9.15. The molecule has 0 heterocycles. The fraction of sp³-hybridized carbons (Fsp3) is 0.400. The van der Waals surface area contributed by atoms with E-state index in [1.54, 1.807) is 25.2 Å². The van der Waals surface area contributed by atoms with Gasteiger partial charge in [-0.05, 0) is 25.0 Å². The monoisotopic (exact) mass is 330 g/mol. The lowest BCUT2D eigenvalue weighted by atomic mass is 9.92. The van der Waals surface area contributed by atoms with Gasteiger partial charge in [-0.25, -0.2) is 16.8 Å². The molecule has 18 heavy (non-hydrogen) atoms. The van der Waals surface area contributed by atoms with Crippen LogP contribution in [-0.4, -0.2) is 22.6 Å². The van der Waals surface area contributed by atoms with Crippen molar-refractivity contribution in [2.75, 3.05) is 5.75 Å². The summed E-state index contributed by atoms with van der Waals surface area (Å²) >= 11 is 0. The van der Waals surface area contributed by atoms with Crippen molar-refractivity contribution in [1.82, 2.24) is 0 Å². The van der Waals surface area contributed by atoms with Gasteiger partial charge in [0.25, 0.3) is 9.05 Å². The van der Waals surface area contributed by atoms with Crippen molar-refractivity contribution in [2.24, 2.45) is 5.92 Å². The zero-order valence-corrected chi connectivity index (χ0v) is 12.7. The van der Waals surface area contributed by atoms with Crippen LogP contribution in [0.1, 0.15) is 13.3 Å². The maximum absolute atomic E-state index is 11.4. The van der Waals surface area contributed by atoms with Gasteiger partial charge in [0.15, 0.2) is 0 Å². The van der Waals surface area contributed by atoms with Crippen LogP contribution in [0.2, 0.25) is 0 Å². The first-order valence-corrected chi connectivity index (χ1v) is 9.84. The van der Waals surface area contributed by atoms with E-state index in [-0.39, 0.29) is 10.7 Å². The van der Waals surface area contributed by atoms with Crippen molar-refractivity contribution >= 4 is 39.5 Å². The number of allylic oxidation sites excluding steroid dienone is 5. The van der Waals surface area contributed by atoms with E-state index in [2.05, 4.69) is 0 Å². The molecule has 1 rings (SSSR count). The van der Waals surface area contributed by atoms with Crippen LogP contribution in [-0.2, 0) is 18.1 Å². The normalized spacial score (nSPS) is 21.8. The van der Waals surface area contributed by atoms with Crippen LogP contribution in [0.15, 0.2) is 34.8 Å². The zero-order chi connectivity index (χ0) is 14.0. The largest absolute Gasteiger partial charge is 0.261 e. The summed E-state index contributed by atoms with van der Waals surface area (Å²) in [5, 5.41) is 0. The highest BCUT2D eigenvalue weighted by molar-refractivity contribution is 8.17. The lowest BCUT2D eigenvalue weighted by Gasteiger charge is -2.20. The molecule has 8 heteroatoms. The van der Waals surface area contributed by atoms with Gasteiger partial charge in [0.1, 0.15) is 0 Å². The first-order valence-electron chi connectivity index (χ1n) is 5.05. The van der Waals surface area contributed by atoms with Crippen LogP contribution in [0.25, 0.3) is 0 Å². The fourth-order valence-electron chi connectivity index (χ4n) is 1.78. The van der Waals surface area contributed by atoms with Crippen LogP contribution >= 0.6 is 21.4 Å². The summed E-state index contributed by atoms with van der Waals surface area (Å²) in [6, 6.07) is 0. The molecule has 0 spiro atoms. The Morgan fingerprint density at radius 2 is 1.94 bits per heavy atom. The SMILES string of the molecule is C/C=C\C1=C(S(=O)(=O)Cl)C=CCC1CS(=O)(=O)Cl. The molecule has 0 N–H and O–H groups in total. The maximum Gasteiger partial charge on any atom is 0.261 e. The molecule has 1 unspecified atom stereocenters. The first-order chi connectivity index (χ1) is 8.15. The smallest absolute Gasteiger partial charge is 0.212 e. The van der Waals surface area contributed by atoms with Crippen LogP contribution < -0.4 is 0 Å². The summed E-state index contributed by atoms with van der Waals surface area (Å²) in [7, 11) is 2.92. The summed E-state index contributed by atoms with van der Waals surface area (Å²) < 4.78 is 45.1. The van der Waals surface area contributed by atoms with E-state index >= 15 is 0 Å². The Labute approximate surface area is 116 Å². The third kappa shape index (κ3) is 4.42. The second kappa shape index (κ2) is 5.77. The van der Waals surface area contributed by atoms with Crippen LogP contribution in [0.3, 0.4) is 0 Å². The van der Waals surface area contributed by atoms with Gasteiger partial charge in [-0.15, -0.1) is 0 Å². The molecule has 0 aliphatic heterocycles. The van der Waals surface area contributed by atoms with Crippen molar-refractivity contribution in [2.45, 2.75) is 13.3 Å². The molecular formula is C10H12Cl2O4S2. The van der Waals surface area contributed by atoms with Gasteiger partial charge >= 0.3 is 0 Å². The van der Waals surface area contributed by atoms with Gasteiger partial charge in [0, 0.05) is 27.3 Å². The zero-order valence-electron chi connectivity index (χ0n) is 9.51. The molecule has 0 aromatic rings. The molecule has 0 radical (unpaired) electrons. The molecule has 0 saturated carbocycles. The third-order valence-corrected chi connectivity index (χ3v) is 5.00. The number of rotatable bonds is 4. The van der Waals surface area contributed by atoms with Gasteiger partial charge in [-0.2, -0.15) is 0 Å². The van der Waals surface area contributed by atoms with Gasteiger partial charge < -0.3 is 0 Å². The summed E-state index contributed by atoms with van der Waals surface area (Å²) in [4.78, 5) is -0.0705. The Bertz CT molecular complexity index is 612. The molecule has 102 valence electrons. The van der Waals surface area contributed by atoms with Crippen LogP contribution in [0, 0.1) is 5.92 Å². The van der Waals surface area contributed by atoms with E-state index in [0.717, 1.165) is 0 Å². The minimum absolute atomic E-state index is 0.0705. The second-order valence-electron chi connectivity index (χ2n) is 3.80. The van der Waals surface area contributed by atoms with Gasteiger partial charge in [0.2, 0.25) is 9.05 Å². The van der Waals surface area contributed by atoms with E-state index in [4.69, 9.17) is 21.4 Å². The van der Waals surface area contributed by atoms with Crippen LogP contribution in [0.5, 0.6) is 0 Å². The molecule has 4 nitrogen and oxygen atoms in total. The maximum atomic E-state index is 11.4. The Morgan fingerprint density at radius 3 is 2.39 bits per heavy atom. The Hall–Kier alpha value is -0.300. The average molecular weight is 331 g/mol. The highest BCUT2D eigenvalue weighted by Crippen LogP contribution is 2.32. The highest BCUT2D eigenvalue weighted by atomic mass is 35.7. The standard InChI is InChI=1S/C10H12Cl2O4S2/c1-2-4-9-8(7-17(11,13)14)5-3-6-10(9)18(12,15)16/h2-4,6,8H,5,7H2,1H3/b4-2-. The molecule has 0 bridgehead atoms. The topological polar surface area (TPSA) is 68.3 Å². The average Bonchev–Trinajstić information content (AvgIpc) is 2.17. The Kier molecular flexibility index (Phi) is 5.05. The first kappa shape index (κ1) is 15.8. The van der Waals surface area contributed by atoms with E-state index in [1.165, 1.54) is 6.08 Å². The van der Waals surface area contributed by atoms with E-state index in [9.17, 15) is 16.8 Å². The highest BCUT2D eigenvalue weighted by Gasteiger charge is 2.27. The molecule has 0 aromatic heterocycles. The van der Waals surface area contributed by atoms with E-state index < -0.39 is 24.0 Å². The van der Waals surface area contributed by atoms with Crippen molar-refractivity contribution in [3.63, 3.8) is 0 Å². The minimum Gasteiger partial charge on any atom is -0.212 e. The van der Waals surface area contributed by atoms with Crippen molar-refractivity contribution in [3.8, 4) is 0 Å². The lowest BCUT2D eigenvalue weighted by Crippen LogP contribution is -2.18. The number of hydrogen-bond acceptors (Lipinski definition) is 4. The van der Waals surface area contributed by atoms with Gasteiger partial charge in [-0.3, -0.25) is 0 Å². The van der Waals surface area contributed by atoms with Crippen molar-refractivity contribution in [3.05, 3.63) is 34.8 Å². The minimum atomic E-state index is -3.91. The van der Waals surface area contributed by atoms with Crippen molar-refractivity contribution < 1.29 is 16.8 Å². The summed E-state index contributed by atoms with van der Waals surface area (Å²) in [6.45, 7) is 1.70. The molecule has 0 saturated heterocycles. The molecule has 0 fully saturated rings. The van der Waals surface area contributed by atoms with Crippen molar-refractivity contribution in [1.29, 1.82) is 0 Å². The summed E-state index contributed by atoms with van der Waals surface area (Å²) in [5.41, 5.74) is 0.374. The number of halogens is 2. The number of hydrogen-bond donors (Lipinski definition) is 0. The molecule has 0 amide bonds. The predicted octanol–water partition coefficient (Wildman–Crippen LogP) is 2.53.